The third-order valence-electron chi connectivity index (χ3n) is 6.08. The molecule has 154 valence electrons. The molecule has 0 bridgehead atoms. The molecule has 0 spiro atoms. The molecule has 2 amide bonds. The normalized spacial score (nSPS) is 22.7. The molecule has 0 saturated carbocycles. The fourth-order valence-corrected chi connectivity index (χ4v) is 4.57. The van der Waals surface area contributed by atoms with Gasteiger partial charge in [-0.15, -0.1) is 0 Å². The number of aliphatic hydroxyl groups is 1. The highest BCUT2D eigenvalue weighted by atomic mass is 19.1. The molecule has 2 fully saturated rings. The van der Waals surface area contributed by atoms with Gasteiger partial charge in [0.2, 0.25) is 0 Å². The number of carbonyl (C=O) groups is 1. The molecule has 6 heteroatoms. The number of nitrogens with zero attached hydrogens (tertiary/aromatic N) is 2. The lowest BCUT2D eigenvalue weighted by atomic mass is 9.75. The molecule has 2 aliphatic rings. The van der Waals surface area contributed by atoms with E-state index in [2.05, 4.69) is 22.3 Å². The smallest absolute Gasteiger partial charge is 0.321 e. The summed E-state index contributed by atoms with van der Waals surface area (Å²) in [7, 11) is 0. The van der Waals surface area contributed by atoms with Crippen LogP contribution >= 0.6 is 0 Å². The van der Waals surface area contributed by atoms with Crippen LogP contribution in [0, 0.1) is 11.2 Å². The lowest BCUT2D eigenvalue weighted by Crippen LogP contribution is -2.46. The van der Waals surface area contributed by atoms with Crippen molar-refractivity contribution in [2.45, 2.75) is 25.8 Å². The largest absolute Gasteiger partial charge is 0.396 e. The molecule has 5 nitrogen and oxygen atoms in total. The molecule has 2 aliphatic heterocycles. The zero-order valence-corrected chi connectivity index (χ0v) is 16.6. The van der Waals surface area contributed by atoms with Crippen LogP contribution in [0.25, 0.3) is 0 Å². The van der Waals surface area contributed by atoms with Crippen LogP contribution in [0.1, 0.15) is 24.0 Å². The molecule has 0 radical (unpaired) electrons. The SMILES string of the molecule is O=C1NCCN1c1ccc(CN2CCC[C@](CO)(Cc3ccc(F)cc3)C2)cc1. The van der Waals surface area contributed by atoms with E-state index in [1.165, 1.54) is 17.7 Å². The van der Waals surface area contributed by atoms with Crippen molar-refractivity contribution in [3.63, 3.8) is 0 Å². The minimum Gasteiger partial charge on any atom is -0.396 e. The maximum atomic E-state index is 13.2. The Kier molecular flexibility index (Phi) is 5.83. The molecule has 2 saturated heterocycles. The average Bonchev–Trinajstić information content (AvgIpc) is 3.16. The molecule has 1 atom stereocenters. The van der Waals surface area contributed by atoms with Crippen LogP contribution in [0.4, 0.5) is 14.9 Å². The Bertz CT molecular complexity index is 840. The number of hydrogen-bond acceptors (Lipinski definition) is 3. The van der Waals surface area contributed by atoms with Crippen molar-refractivity contribution in [3.05, 3.63) is 65.5 Å². The second-order valence-electron chi connectivity index (χ2n) is 8.33. The van der Waals surface area contributed by atoms with Crippen LogP contribution in [0.3, 0.4) is 0 Å². The van der Waals surface area contributed by atoms with E-state index >= 15 is 0 Å². The van der Waals surface area contributed by atoms with Crippen LogP contribution in [0.15, 0.2) is 48.5 Å². The Labute approximate surface area is 171 Å². The van der Waals surface area contributed by atoms with E-state index in [0.29, 0.717) is 13.1 Å². The zero-order chi connectivity index (χ0) is 20.3. The predicted octanol–water partition coefficient (Wildman–Crippen LogP) is 3.17. The average molecular weight is 397 g/mol. The van der Waals surface area contributed by atoms with Gasteiger partial charge in [-0.3, -0.25) is 9.80 Å². The van der Waals surface area contributed by atoms with E-state index < -0.39 is 0 Å². The predicted molar refractivity (Wildman–Crippen MR) is 111 cm³/mol. The van der Waals surface area contributed by atoms with Gasteiger partial charge in [-0.2, -0.15) is 0 Å². The molecule has 0 aliphatic carbocycles. The number of aliphatic hydroxyl groups excluding tert-OH is 1. The highest BCUT2D eigenvalue weighted by Gasteiger charge is 2.35. The third kappa shape index (κ3) is 4.60. The molecule has 4 rings (SSSR count). The summed E-state index contributed by atoms with van der Waals surface area (Å²) < 4.78 is 13.2. The zero-order valence-electron chi connectivity index (χ0n) is 16.6. The van der Waals surface area contributed by atoms with E-state index in [0.717, 1.165) is 50.1 Å². The number of piperidine rings is 1. The number of benzene rings is 2. The van der Waals surface area contributed by atoms with Gasteiger partial charge in [0, 0.05) is 37.3 Å². The van der Waals surface area contributed by atoms with Crippen LogP contribution in [0.2, 0.25) is 0 Å². The topological polar surface area (TPSA) is 55.8 Å². The van der Waals surface area contributed by atoms with Crippen LogP contribution in [0.5, 0.6) is 0 Å². The van der Waals surface area contributed by atoms with Gasteiger partial charge in [-0.05, 0) is 61.2 Å². The number of urea groups is 1. The minimum absolute atomic E-state index is 0.0395. The fourth-order valence-electron chi connectivity index (χ4n) is 4.57. The minimum atomic E-state index is -0.230. The fraction of sp³-hybridized carbons (Fsp3) is 0.435. The van der Waals surface area contributed by atoms with Crippen LogP contribution in [-0.2, 0) is 13.0 Å². The first-order valence-corrected chi connectivity index (χ1v) is 10.3. The molecule has 2 aromatic rings. The first-order valence-electron chi connectivity index (χ1n) is 10.3. The maximum Gasteiger partial charge on any atom is 0.321 e. The standard InChI is InChI=1S/C23H28FN3O2/c24-20-6-2-18(3-7-20)14-23(17-28)10-1-12-26(16-23)15-19-4-8-21(9-5-19)27-13-11-25-22(27)29/h2-9,28H,1,10-17H2,(H,25,29)/t23-/m0/s1. The van der Waals surface area contributed by atoms with Gasteiger partial charge < -0.3 is 10.4 Å². The van der Waals surface area contributed by atoms with Gasteiger partial charge >= 0.3 is 6.03 Å². The van der Waals surface area contributed by atoms with E-state index in [4.69, 9.17) is 0 Å². The van der Waals surface area contributed by atoms with Gasteiger partial charge in [-0.25, -0.2) is 9.18 Å². The summed E-state index contributed by atoms with van der Waals surface area (Å²) in [4.78, 5) is 16.0. The quantitative estimate of drug-likeness (QED) is 0.787. The summed E-state index contributed by atoms with van der Waals surface area (Å²) >= 11 is 0. The molecule has 0 aromatic heterocycles. The van der Waals surface area contributed by atoms with Crippen molar-refractivity contribution in [3.8, 4) is 0 Å². The first kappa shape index (κ1) is 19.9. The Hall–Kier alpha value is -2.44. The summed E-state index contributed by atoms with van der Waals surface area (Å²) in [5, 5.41) is 13.0. The Morgan fingerprint density at radius 3 is 2.41 bits per heavy atom. The molecular formula is C23H28FN3O2. The molecule has 2 aromatic carbocycles. The Morgan fingerprint density at radius 2 is 1.76 bits per heavy atom. The summed E-state index contributed by atoms with van der Waals surface area (Å²) in [5.74, 6) is -0.230. The number of nitrogens with one attached hydrogen (secondary N) is 1. The molecule has 0 unspecified atom stereocenters. The van der Waals surface area contributed by atoms with Crippen molar-refractivity contribution >= 4 is 11.7 Å². The van der Waals surface area contributed by atoms with Gasteiger partial charge in [-0.1, -0.05) is 24.3 Å². The van der Waals surface area contributed by atoms with Gasteiger partial charge in [0.1, 0.15) is 5.82 Å². The van der Waals surface area contributed by atoms with Crippen molar-refractivity contribution in [2.75, 3.05) is 37.7 Å². The number of amides is 2. The van der Waals surface area contributed by atoms with E-state index in [1.54, 1.807) is 4.90 Å². The maximum absolute atomic E-state index is 13.2. The van der Waals surface area contributed by atoms with E-state index in [1.807, 2.05) is 24.3 Å². The summed E-state index contributed by atoms with van der Waals surface area (Å²) in [6, 6.07) is 14.7. The second kappa shape index (κ2) is 8.51. The second-order valence-corrected chi connectivity index (χ2v) is 8.33. The molecule has 29 heavy (non-hydrogen) atoms. The highest BCUT2D eigenvalue weighted by molar-refractivity contribution is 5.93. The van der Waals surface area contributed by atoms with Gasteiger partial charge in [0.15, 0.2) is 0 Å². The van der Waals surface area contributed by atoms with Crippen molar-refractivity contribution < 1.29 is 14.3 Å². The molecule has 2 heterocycles. The van der Waals surface area contributed by atoms with Crippen molar-refractivity contribution in [1.82, 2.24) is 10.2 Å². The number of anilines is 1. The van der Waals surface area contributed by atoms with Crippen LogP contribution in [-0.4, -0.2) is 48.8 Å². The molecule has 2 N–H and O–H groups in total. The summed E-state index contributed by atoms with van der Waals surface area (Å²) in [5.41, 5.74) is 2.99. The van der Waals surface area contributed by atoms with Gasteiger partial charge in [0.25, 0.3) is 0 Å². The Balaban J connectivity index is 1.41. The number of rotatable bonds is 6. The van der Waals surface area contributed by atoms with E-state index in [9.17, 15) is 14.3 Å². The highest BCUT2D eigenvalue weighted by Crippen LogP contribution is 2.34. The lowest BCUT2D eigenvalue weighted by molar-refractivity contribution is 0.0288. The summed E-state index contributed by atoms with van der Waals surface area (Å²) in [6.45, 7) is 4.15. The van der Waals surface area contributed by atoms with E-state index in [-0.39, 0.29) is 23.9 Å². The summed E-state index contributed by atoms with van der Waals surface area (Å²) in [6.07, 6.45) is 2.76. The van der Waals surface area contributed by atoms with Crippen molar-refractivity contribution in [1.29, 1.82) is 0 Å². The Morgan fingerprint density at radius 1 is 1.03 bits per heavy atom. The molecular weight excluding hydrogens is 369 g/mol. The van der Waals surface area contributed by atoms with Gasteiger partial charge in [0.05, 0.1) is 6.61 Å². The lowest BCUT2D eigenvalue weighted by Gasteiger charge is -2.42. The number of carbonyl (C=O) groups excluding carboxylic acids is 1. The van der Waals surface area contributed by atoms with Crippen molar-refractivity contribution in [2.24, 2.45) is 5.41 Å². The third-order valence-corrected chi connectivity index (χ3v) is 6.08. The van der Waals surface area contributed by atoms with Crippen LogP contribution < -0.4 is 10.2 Å². The monoisotopic (exact) mass is 397 g/mol. The first-order chi connectivity index (χ1) is 14.1. The number of hydrogen-bond donors (Lipinski definition) is 2. The number of likely N-dealkylation sites (tertiary alicyclic amines) is 1. The number of halogens is 1.